The zero-order valence-electron chi connectivity index (χ0n) is 13.0. The lowest BCUT2D eigenvalue weighted by Crippen LogP contribution is -2.30. The van der Waals surface area contributed by atoms with Gasteiger partial charge >= 0.3 is 0 Å². The molecule has 0 radical (unpaired) electrons. The molecule has 5 heteroatoms. The number of likely N-dealkylation sites (N-methyl/N-ethyl adjacent to an activating group) is 1. The highest BCUT2D eigenvalue weighted by Gasteiger charge is 2.20. The molecule has 2 rings (SSSR count). The van der Waals surface area contributed by atoms with Crippen LogP contribution in [0.4, 0.5) is 5.69 Å². The van der Waals surface area contributed by atoms with Gasteiger partial charge in [0.05, 0.1) is 23.7 Å². The van der Waals surface area contributed by atoms with E-state index in [9.17, 15) is 0 Å². The van der Waals surface area contributed by atoms with E-state index in [2.05, 4.69) is 36.1 Å². The number of rotatable bonds is 6. The Kier molecular flexibility index (Phi) is 5.31. The minimum Gasteiger partial charge on any atom is -0.376 e. The van der Waals surface area contributed by atoms with Crippen molar-refractivity contribution in [2.24, 2.45) is 0 Å². The zero-order chi connectivity index (χ0) is 14.5. The lowest BCUT2D eigenvalue weighted by Gasteiger charge is -2.24. The van der Waals surface area contributed by atoms with Gasteiger partial charge in [-0.15, -0.1) is 0 Å². The average Bonchev–Trinajstić information content (AvgIpc) is 2.91. The van der Waals surface area contributed by atoms with Gasteiger partial charge < -0.3 is 15.0 Å². The number of nitrogens with one attached hydrogen (secondary N) is 1. The van der Waals surface area contributed by atoms with Crippen molar-refractivity contribution in [2.45, 2.75) is 45.3 Å². The van der Waals surface area contributed by atoms with Crippen molar-refractivity contribution in [1.82, 2.24) is 15.3 Å². The van der Waals surface area contributed by atoms with E-state index in [1.165, 1.54) is 6.42 Å². The molecule has 0 saturated carbocycles. The van der Waals surface area contributed by atoms with Gasteiger partial charge in [-0.1, -0.05) is 13.8 Å². The Bertz CT molecular complexity index is 430. The molecule has 0 bridgehead atoms. The molecule has 1 aromatic rings. The smallest absolute Gasteiger partial charge is 0.131 e. The monoisotopic (exact) mass is 278 g/mol. The van der Waals surface area contributed by atoms with Crippen LogP contribution in [-0.4, -0.2) is 43.3 Å². The van der Waals surface area contributed by atoms with Gasteiger partial charge in [0.15, 0.2) is 0 Å². The summed E-state index contributed by atoms with van der Waals surface area (Å²) in [7, 11) is 4.04. The molecule has 2 heterocycles. The molecule has 1 aliphatic rings. The molecule has 1 unspecified atom stereocenters. The van der Waals surface area contributed by atoms with Crippen molar-refractivity contribution < 1.29 is 4.74 Å². The van der Waals surface area contributed by atoms with Crippen LogP contribution in [0.3, 0.4) is 0 Å². The van der Waals surface area contributed by atoms with Crippen molar-refractivity contribution >= 4 is 5.69 Å². The Balaban J connectivity index is 2.15. The number of aromatic nitrogens is 2. The highest BCUT2D eigenvalue weighted by Crippen LogP contribution is 2.22. The molecular weight excluding hydrogens is 252 g/mol. The molecule has 1 atom stereocenters. The quantitative estimate of drug-likeness (QED) is 0.861. The Morgan fingerprint density at radius 1 is 1.50 bits per heavy atom. The van der Waals surface area contributed by atoms with Crippen LogP contribution >= 0.6 is 0 Å². The van der Waals surface area contributed by atoms with Gasteiger partial charge in [-0.3, -0.25) is 0 Å². The van der Waals surface area contributed by atoms with E-state index in [1.54, 1.807) is 0 Å². The van der Waals surface area contributed by atoms with Gasteiger partial charge in [-0.05, 0) is 19.9 Å². The molecule has 1 fully saturated rings. The van der Waals surface area contributed by atoms with E-state index in [-0.39, 0.29) is 0 Å². The van der Waals surface area contributed by atoms with E-state index >= 15 is 0 Å². The summed E-state index contributed by atoms with van der Waals surface area (Å²) in [4.78, 5) is 11.4. The lowest BCUT2D eigenvalue weighted by atomic mass is 10.2. The van der Waals surface area contributed by atoms with E-state index in [0.29, 0.717) is 12.0 Å². The van der Waals surface area contributed by atoms with E-state index in [1.807, 2.05) is 13.2 Å². The predicted molar refractivity (Wildman–Crippen MR) is 81.1 cm³/mol. The number of ether oxygens (including phenoxy) is 1. The highest BCUT2D eigenvalue weighted by molar-refractivity contribution is 5.48. The van der Waals surface area contributed by atoms with Gasteiger partial charge in [-0.2, -0.15) is 0 Å². The Morgan fingerprint density at radius 3 is 2.90 bits per heavy atom. The van der Waals surface area contributed by atoms with Gasteiger partial charge in [-0.25, -0.2) is 9.97 Å². The third-order valence-electron chi connectivity index (χ3n) is 3.64. The van der Waals surface area contributed by atoms with E-state index in [0.717, 1.165) is 43.3 Å². The fourth-order valence-corrected chi connectivity index (χ4v) is 2.51. The van der Waals surface area contributed by atoms with Crippen LogP contribution in [-0.2, 0) is 11.3 Å². The van der Waals surface area contributed by atoms with E-state index < -0.39 is 0 Å². The fraction of sp³-hybridized carbons (Fsp3) is 0.733. The molecule has 1 aliphatic heterocycles. The third kappa shape index (κ3) is 3.67. The summed E-state index contributed by atoms with van der Waals surface area (Å²) in [5.74, 6) is 1.26. The first-order valence-corrected chi connectivity index (χ1v) is 7.45. The van der Waals surface area contributed by atoms with Crippen LogP contribution in [0.1, 0.15) is 44.1 Å². The Morgan fingerprint density at radius 2 is 2.30 bits per heavy atom. The average molecular weight is 278 g/mol. The molecule has 112 valence electrons. The van der Waals surface area contributed by atoms with E-state index in [4.69, 9.17) is 9.72 Å². The minimum absolute atomic E-state index is 0.340. The summed E-state index contributed by atoms with van der Waals surface area (Å²) in [6.45, 7) is 6.79. The number of hydrogen-bond acceptors (Lipinski definition) is 5. The predicted octanol–water partition coefficient (Wildman–Crippen LogP) is 1.93. The number of nitrogens with zero attached hydrogens (tertiary/aromatic N) is 3. The van der Waals surface area contributed by atoms with Gasteiger partial charge in [0.25, 0.3) is 0 Å². The van der Waals surface area contributed by atoms with Crippen molar-refractivity contribution in [3.8, 4) is 0 Å². The summed E-state index contributed by atoms with van der Waals surface area (Å²) in [5.41, 5.74) is 2.16. The standard InChI is InChI=1S/C15H26N4O/c1-11(2)15-17-9-14(13(18-15)8-16-3)19(4)10-12-6-5-7-20-12/h9,11-12,16H,5-8,10H2,1-4H3. The van der Waals surface area contributed by atoms with Crippen molar-refractivity contribution in [3.63, 3.8) is 0 Å². The normalized spacial score (nSPS) is 18.8. The van der Waals surface area contributed by atoms with Crippen LogP contribution in [0.15, 0.2) is 6.20 Å². The van der Waals surface area contributed by atoms with Crippen LogP contribution in [0.2, 0.25) is 0 Å². The van der Waals surface area contributed by atoms with Crippen LogP contribution in [0.25, 0.3) is 0 Å². The minimum atomic E-state index is 0.340. The molecule has 0 aromatic carbocycles. The Hall–Kier alpha value is -1.20. The molecule has 5 nitrogen and oxygen atoms in total. The molecule has 0 amide bonds. The van der Waals surface area contributed by atoms with Gasteiger partial charge in [0, 0.05) is 32.7 Å². The van der Waals surface area contributed by atoms with Crippen molar-refractivity contribution in [3.05, 3.63) is 17.7 Å². The second-order valence-corrected chi connectivity index (χ2v) is 5.76. The summed E-state index contributed by atoms with van der Waals surface area (Å²) in [5, 5.41) is 3.19. The van der Waals surface area contributed by atoms with Crippen LogP contribution < -0.4 is 10.2 Å². The highest BCUT2D eigenvalue weighted by atomic mass is 16.5. The summed E-state index contributed by atoms with van der Waals surface area (Å²) in [6.07, 6.45) is 4.61. The molecule has 1 N–H and O–H groups in total. The molecule has 1 saturated heterocycles. The number of hydrogen-bond donors (Lipinski definition) is 1. The molecule has 0 spiro atoms. The largest absolute Gasteiger partial charge is 0.376 e. The molecule has 20 heavy (non-hydrogen) atoms. The third-order valence-corrected chi connectivity index (χ3v) is 3.64. The van der Waals surface area contributed by atoms with Crippen molar-refractivity contribution in [1.29, 1.82) is 0 Å². The zero-order valence-corrected chi connectivity index (χ0v) is 13.0. The van der Waals surface area contributed by atoms with Gasteiger partial charge in [0.1, 0.15) is 5.82 Å². The second kappa shape index (κ2) is 6.99. The summed E-state index contributed by atoms with van der Waals surface area (Å²) >= 11 is 0. The fourth-order valence-electron chi connectivity index (χ4n) is 2.51. The Labute approximate surface area is 121 Å². The first kappa shape index (κ1) is 15.2. The van der Waals surface area contributed by atoms with Crippen LogP contribution in [0.5, 0.6) is 0 Å². The molecular formula is C15H26N4O. The summed E-state index contributed by atoms with van der Waals surface area (Å²) in [6, 6.07) is 0. The first-order valence-electron chi connectivity index (χ1n) is 7.45. The molecule has 1 aromatic heterocycles. The first-order chi connectivity index (χ1) is 9.61. The summed E-state index contributed by atoms with van der Waals surface area (Å²) < 4.78 is 5.71. The maximum Gasteiger partial charge on any atom is 0.131 e. The lowest BCUT2D eigenvalue weighted by molar-refractivity contribution is 0.116. The van der Waals surface area contributed by atoms with Crippen molar-refractivity contribution in [2.75, 3.05) is 32.1 Å². The molecule has 0 aliphatic carbocycles. The maximum absolute atomic E-state index is 5.71. The number of anilines is 1. The SMILES string of the molecule is CNCc1nc(C(C)C)ncc1N(C)CC1CCCO1. The van der Waals surface area contributed by atoms with Gasteiger partial charge in [0.2, 0.25) is 0 Å². The second-order valence-electron chi connectivity index (χ2n) is 5.76. The topological polar surface area (TPSA) is 50.3 Å². The van der Waals surface area contributed by atoms with Crippen LogP contribution in [0, 0.1) is 0 Å². The maximum atomic E-state index is 5.71.